The molecule has 0 bridgehead atoms. The van der Waals surface area contributed by atoms with Gasteiger partial charge in [0.25, 0.3) is 0 Å². The molecule has 0 atom stereocenters. The number of benzene rings is 4. The standard InChI is InChI=1S/2C15H13.C3H6.2ClH.Zr/c2*1-2-11-9-13-8-7-12-5-3-4-6-14(12)15(13)10-11;1-3-2;;;/h2*3-10H,2H2,1H3;1-3H2;2*1H;/q2*-1;-2;;;+2/p-2. The Morgan fingerprint density at radius 3 is 1.28 bits per heavy atom. The molecule has 0 saturated heterocycles. The smallest absolute Gasteiger partial charge is 1.00 e. The predicted molar refractivity (Wildman–Crippen MR) is 148 cm³/mol. The van der Waals surface area contributed by atoms with Crippen LogP contribution in [0.2, 0.25) is 0 Å². The van der Waals surface area contributed by atoms with Gasteiger partial charge in [-0.3, -0.25) is 0 Å². The Labute approximate surface area is 247 Å². The van der Waals surface area contributed by atoms with E-state index in [1.165, 1.54) is 54.2 Å². The molecule has 36 heavy (non-hydrogen) atoms. The minimum atomic E-state index is 0. The molecular formula is C33H32Cl2Zr-4. The summed E-state index contributed by atoms with van der Waals surface area (Å²) in [5.41, 5.74) is 2.86. The second-order valence-electron chi connectivity index (χ2n) is 8.37. The molecule has 0 nitrogen and oxygen atoms in total. The molecule has 0 unspecified atom stereocenters. The second kappa shape index (κ2) is 15.4. The molecule has 0 aliphatic carbocycles. The van der Waals surface area contributed by atoms with Crippen LogP contribution in [0.1, 0.15) is 31.4 Å². The van der Waals surface area contributed by atoms with Crippen LogP contribution in [0.15, 0.2) is 97.1 Å². The van der Waals surface area contributed by atoms with E-state index in [9.17, 15) is 0 Å². The Morgan fingerprint density at radius 2 is 0.917 bits per heavy atom. The topological polar surface area (TPSA) is 0 Å². The quantitative estimate of drug-likeness (QED) is 0.271. The maximum atomic E-state index is 3.38. The Hall–Kier alpha value is -1.92. The van der Waals surface area contributed by atoms with Crippen LogP contribution in [0, 0.1) is 13.8 Å². The van der Waals surface area contributed by atoms with E-state index in [0.29, 0.717) is 0 Å². The van der Waals surface area contributed by atoms with Crippen molar-refractivity contribution in [1.29, 1.82) is 0 Å². The minimum absolute atomic E-state index is 0. The molecule has 0 fully saturated rings. The largest absolute Gasteiger partial charge is 2.00 e. The van der Waals surface area contributed by atoms with E-state index >= 15 is 0 Å². The van der Waals surface area contributed by atoms with Gasteiger partial charge >= 0.3 is 26.2 Å². The van der Waals surface area contributed by atoms with E-state index in [1.54, 1.807) is 0 Å². The van der Waals surface area contributed by atoms with Crippen LogP contribution >= 0.6 is 0 Å². The van der Waals surface area contributed by atoms with Crippen LogP contribution in [0.4, 0.5) is 0 Å². The van der Waals surface area contributed by atoms with Crippen molar-refractivity contribution in [3.8, 4) is 0 Å². The molecule has 186 valence electrons. The van der Waals surface area contributed by atoms with Gasteiger partial charge in [0.1, 0.15) is 0 Å². The van der Waals surface area contributed by atoms with Crippen LogP contribution in [0.25, 0.3) is 43.1 Å². The summed E-state index contributed by atoms with van der Waals surface area (Å²) in [5, 5.41) is 10.9. The van der Waals surface area contributed by atoms with Crippen molar-refractivity contribution in [3.63, 3.8) is 0 Å². The normalized spacial score (nSPS) is 9.89. The molecule has 6 rings (SSSR count). The average Bonchev–Trinajstić information content (AvgIpc) is 3.49. The van der Waals surface area contributed by atoms with Gasteiger partial charge in [-0.2, -0.15) is 12.1 Å². The van der Waals surface area contributed by atoms with Crippen molar-refractivity contribution in [3.05, 3.63) is 122 Å². The molecule has 0 aromatic heterocycles. The second-order valence-corrected chi connectivity index (χ2v) is 8.37. The van der Waals surface area contributed by atoms with Crippen molar-refractivity contribution < 1.29 is 51.0 Å². The van der Waals surface area contributed by atoms with Crippen LogP contribution in [0.3, 0.4) is 0 Å². The monoisotopic (exact) mass is 588 g/mol. The number of aryl methyl sites for hydroxylation is 2. The summed E-state index contributed by atoms with van der Waals surface area (Å²) in [6, 6.07) is 35.2. The van der Waals surface area contributed by atoms with E-state index in [0.717, 1.165) is 19.3 Å². The van der Waals surface area contributed by atoms with Crippen molar-refractivity contribution >= 4 is 43.1 Å². The fraction of sp³-hybridized carbons (Fsp3) is 0.152. The van der Waals surface area contributed by atoms with Gasteiger partial charge in [-0.1, -0.05) is 85.3 Å². The predicted octanol–water partition coefficient (Wildman–Crippen LogP) is 3.60. The van der Waals surface area contributed by atoms with Gasteiger partial charge in [-0.05, 0) is 23.6 Å². The number of hydrogen-bond acceptors (Lipinski definition) is 0. The van der Waals surface area contributed by atoms with Gasteiger partial charge in [-0.15, -0.1) is 56.9 Å². The van der Waals surface area contributed by atoms with Crippen LogP contribution < -0.4 is 24.8 Å². The van der Waals surface area contributed by atoms with Gasteiger partial charge in [-0.25, -0.2) is 0 Å². The Morgan fingerprint density at radius 1 is 0.556 bits per heavy atom. The zero-order valence-corrected chi connectivity index (χ0v) is 25.0. The Balaban J connectivity index is 0.000000302. The van der Waals surface area contributed by atoms with E-state index in [2.05, 4.69) is 125 Å². The summed E-state index contributed by atoms with van der Waals surface area (Å²) < 4.78 is 0. The van der Waals surface area contributed by atoms with Crippen molar-refractivity contribution in [1.82, 2.24) is 0 Å². The minimum Gasteiger partial charge on any atom is -1.00 e. The summed E-state index contributed by atoms with van der Waals surface area (Å²) in [7, 11) is 0. The number of rotatable bonds is 2. The average molecular weight is 591 g/mol. The fourth-order valence-corrected chi connectivity index (χ4v) is 4.46. The fourth-order valence-electron chi connectivity index (χ4n) is 4.46. The first-order valence-electron chi connectivity index (χ1n) is 11.9. The first-order chi connectivity index (χ1) is 16.2. The van der Waals surface area contributed by atoms with Gasteiger partial charge in [0.2, 0.25) is 0 Å². The van der Waals surface area contributed by atoms with Gasteiger partial charge in [0, 0.05) is 0 Å². The molecule has 0 saturated carbocycles. The third kappa shape index (κ3) is 7.10. The zero-order chi connectivity index (χ0) is 23.2. The number of fused-ring (bicyclic) bond motifs is 6. The Kier molecular flexibility index (Phi) is 13.7. The van der Waals surface area contributed by atoms with Gasteiger partial charge < -0.3 is 45.1 Å². The molecule has 0 amide bonds. The van der Waals surface area contributed by atoms with Gasteiger partial charge in [0.15, 0.2) is 0 Å². The van der Waals surface area contributed by atoms with Crippen molar-refractivity contribution in [2.24, 2.45) is 0 Å². The summed E-state index contributed by atoms with van der Waals surface area (Å²) in [6.45, 7) is 11.2. The molecule has 6 aromatic rings. The third-order valence-corrected chi connectivity index (χ3v) is 6.17. The first kappa shape index (κ1) is 32.1. The molecule has 6 aromatic carbocycles. The molecule has 0 heterocycles. The number of halogens is 2. The number of hydrogen-bond donors (Lipinski definition) is 0. The molecule has 0 aliphatic heterocycles. The van der Waals surface area contributed by atoms with Crippen molar-refractivity contribution in [2.45, 2.75) is 33.1 Å². The molecule has 0 radical (unpaired) electrons. The molecular weight excluding hydrogens is 558 g/mol. The summed E-state index contributed by atoms with van der Waals surface area (Å²) in [6.07, 6.45) is 2.98. The maximum Gasteiger partial charge on any atom is 2.00 e. The molecule has 0 aliphatic rings. The summed E-state index contributed by atoms with van der Waals surface area (Å²) in [4.78, 5) is 0. The molecule has 3 heteroatoms. The third-order valence-electron chi connectivity index (χ3n) is 6.17. The van der Waals surface area contributed by atoms with Crippen LogP contribution in [0.5, 0.6) is 0 Å². The first-order valence-corrected chi connectivity index (χ1v) is 11.9. The van der Waals surface area contributed by atoms with Gasteiger partial charge in [0.05, 0.1) is 0 Å². The van der Waals surface area contributed by atoms with E-state index in [4.69, 9.17) is 0 Å². The van der Waals surface area contributed by atoms with Crippen LogP contribution in [-0.4, -0.2) is 0 Å². The van der Waals surface area contributed by atoms with Crippen molar-refractivity contribution in [2.75, 3.05) is 0 Å². The van der Waals surface area contributed by atoms with E-state index in [-0.39, 0.29) is 51.0 Å². The molecule has 0 N–H and O–H groups in total. The zero-order valence-electron chi connectivity index (χ0n) is 21.0. The van der Waals surface area contributed by atoms with Crippen LogP contribution in [-0.2, 0) is 39.0 Å². The van der Waals surface area contributed by atoms with E-state index in [1.807, 2.05) is 0 Å². The maximum absolute atomic E-state index is 3.38. The molecule has 0 spiro atoms. The summed E-state index contributed by atoms with van der Waals surface area (Å²) in [5.74, 6) is 0. The Bertz CT molecular complexity index is 1380. The summed E-state index contributed by atoms with van der Waals surface area (Å²) >= 11 is 0. The van der Waals surface area contributed by atoms with E-state index < -0.39 is 0 Å². The SMILES string of the molecule is CCc1cc2c(ccc3ccccc32)[cH-]1.CCc1cc2c(ccc3ccccc32)[cH-]1.[CH2-]C[CH2-].[Cl-].[Cl-].[Zr+2].